The van der Waals surface area contributed by atoms with Gasteiger partial charge in [0.15, 0.2) is 0 Å². The molecular formula is C21H20ClNO2S3. The summed E-state index contributed by atoms with van der Waals surface area (Å²) in [6.07, 6.45) is 7.78. The molecule has 0 N–H and O–H groups in total. The van der Waals surface area contributed by atoms with Gasteiger partial charge in [0.25, 0.3) is 11.1 Å². The molecule has 2 amide bonds. The standard InChI is InChI=1S/C21H20ClNO2S3/c22-15-6-8-16(9-7-15)26-19-11-10-17(27-19)12-18-20(24)23(21(25)28-18)13-14-4-2-1-3-5-14/h6-12,14H,1-5,13H2. The second-order valence-corrected chi connectivity index (χ2v) is 10.9. The number of nitrogens with zero attached hydrogens (tertiary/aromatic N) is 1. The second kappa shape index (κ2) is 9.08. The van der Waals surface area contributed by atoms with Crippen molar-refractivity contribution < 1.29 is 9.59 Å². The molecule has 3 nitrogen and oxygen atoms in total. The zero-order valence-corrected chi connectivity index (χ0v) is 18.4. The van der Waals surface area contributed by atoms with Crippen LogP contribution in [0.2, 0.25) is 5.02 Å². The number of amides is 2. The van der Waals surface area contributed by atoms with E-state index in [4.69, 9.17) is 11.6 Å². The molecule has 1 aromatic heterocycles. The van der Waals surface area contributed by atoms with Gasteiger partial charge in [0.1, 0.15) is 0 Å². The number of imide groups is 1. The number of halogens is 1. The normalized spacial score (nSPS) is 19.8. The molecular weight excluding hydrogens is 430 g/mol. The van der Waals surface area contributed by atoms with Crippen molar-refractivity contribution in [3.8, 4) is 0 Å². The van der Waals surface area contributed by atoms with Gasteiger partial charge >= 0.3 is 0 Å². The van der Waals surface area contributed by atoms with E-state index in [1.54, 1.807) is 23.1 Å². The van der Waals surface area contributed by atoms with Crippen molar-refractivity contribution in [1.82, 2.24) is 4.90 Å². The molecule has 2 fully saturated rings. The van der Waals surface area contributed by atoms with E-state index in [1.165, 1.54) is 24.2 Å². The van der Waals surface area contributed by atoms with Gasteiger partial charge in [-0.15, -0.1) is 11.3 Å². The summed E-state index contributed by atoms with van der Waals surface area (Å²) >= 11 is 10.3. The maximum atomic E-state index is 12.7. The molecule has 0 radical (unpaired) electrons. The fourth-order valence-electron chi connectivity index (χ4n) is 3.50. The number of thioether (sulfide) groups is 1. The van der Waals surface area contributed by atoms with E-state index in [9.17, 15) is 9.59 Å². The molecule has 7 heteroatoms. The van der Waals surface area contributed by atoms with E-state index in [2.05, 4.69) is 0 Å². The van der Waals surface area contributed by atoms with Crippen LogP contribution in [0.3, 0.4) is 0 Å². The maximum Gasteiger partial charge on any atom is 0.293 e. The van der Waals surface area contributed by atoms with Crippen LogP contribution in [0.5, 0.6) is 0 Å². The van der Waals surface area contributed by atoms with Crippen LogP contribution in [-0.4, -0.2) is 22.6 Å². The van der Waals surface area contributed by atoms with Crippen molar-refractivity contribution in [3.63, 3.8) is 0 Å². The first-order chi connectivity index (χ1) is 13.6. The van der Waals surface area contributed by atoms with Crippen molar-refractivity contribution >= 4 is 63.7 Å². The van der Waals surface area contributed by atoms with Gasteiger partial charge in [-0.3, -0.25) is 14.5 Å². The average Bonchev–Trinajstić information content (AvgIpc) is 3.24. The van der Waals surface area contributed by atoms with Gasteiger partial charge in [-0.05, 0) is 73.0 Å². The van der Waals surface area contributed by atoms with Gasteiger partial charge in [-0.2, -0.15) is 0 Å². The number of carbonyl (C=O) groups is 2. The Kier molecular flexibility index (Phi) is 6.51. The predicted octanol–water partition coefficient (Wildman–Crippen LogP) is 7.17. The van der Waals surface area contributed by atoms with E-state index >= 15 is 0 Å². The molecule has 2 aliphatic rings. The molecule has 146 valence electrons. The Bertz CT molecular complexity index is 901. The SMILES string of the molecule is O=C1SC(=Cc2ccc(Sc3ccc(Cl)cc3)s2)C(=O)N1CC1CCCCC1. The van der Waals surface area contributed by atoms with E-state index in [0.29, 0.717) is 17.4 Å². The predicted molar refractivity (Wildman–Crippen MR) is 119 cm³/mol. The minimum Gasteiger partial charge on any atom is -0.268 e. The van der Waals surface area contributed by atoms with Crippen molar-refractivity contribution in [2.24, 2.45) is 5.92 Å². The lowest BCUT2D eigenvalue weighted by molar-refractivity contribution is -0.123. The topological polar surface area (TPSA) is 37.4 Å². The highest BCUT2D eigenvalue weighted by Gasteiger charge is 2.36. The van der Waals surface area contributed by atoms with E-state index in [0.717, 1.165) is 43.6 Å². The Morgan fingerprint density at radius 3 is 2.57 bits per heavy atom. The van der Waals surface area contributed by atoms with E-state index < -0.39 is 0 Å². The first kappa shape index (κ1) is 20.1. The van der Waals surface area contributed by atoms with E-state index in [1.807, 2.05) is 42.5 Å². The zero-order chi connectivity index (χ0) is 19.5. The van der Waals surface area contributed by atoms with Crippen molar-refractivity contribution in [2.75, 3.05) is 6.54 Å². The van der Waals surface area contributed by atoms with Crippen molar-refractivity contribution in [2.45, 2.75) is 41.2 Å². The lowest BCUT2D eigenvalue weighted by Gasteiger charge is -2.25. The van der Waals surface area contributed by atoms with Crippen LogP contribution in [0.25, 0.3) is 6.08 Å². The molecule has 2 heterocycles. The van der Waals surface area contributed by atoms with Crippen molar-refractivity contribution in [3.05, 3.63) is 51.2 Å². The Morgan fingerprint density at radius 1 is 1.07 bits per heavy atom. The van der Waals surface area contributed by atoms with Crippen LogP contribution in [0.4, 0.5) is 4.79 Å². The molecule has 0 unspecified atom stereocenters. The summed E-state index contributed by atoms with van der Waals surface area (Å²) in [4.78, 5) is 29.2. The molecule has 1 aliphatic heterocycles. The summed E-state index contributed by atoms with van der Waals surface area (Å²) in [5.74, 6) is 0.326. The van der Waals surface area contributed by atoms with Crippen LogP contribution in [0.1, 0.15) is 37.0 Å². The highest BCUT2D eigenvalue weighted by molar-refractivity contribution is 8.18. The van der Waals surface area contributed by atoms with Gasteiger partial charge in [0, 0.05) is 21.3 Å². The molecule has 2 aromatic rings. The Morgan fingerprint density at radius 2 is 1.82 bits per heavy atom. The van der Waals surface area contributed by atoms with Crippen LogP contribution >= 0.6 is 46.5 Å². The highest BCUT2D eigenvalue weighted by Crippen LogP contribution is 2.38. The van der Waals surface area contributed by atoms with Crippen molar-refractivity contribution in [1.29, 1.82) is 0 Å². The largest absolute Gasteiger partial charge is 0.293 e. The number of hydrogen-bond donors (Lipinski definition) is 0. The van der Waals surface area contributed by atoms with Crippen LogP contribution in [0, 0.1) is 5.92 Å². The smallest absolute Gasteiger partial charge is 0.268 e. The minimum absolute atomic E-state index is 0.130. The third kappa shape index (κ3) is 4.85. The van der Waals surface area contributed by atoms with Gasteiger partial charge in [-0.25, -0.2) is 0 Å². The third-order valence-corrected chi connectivity index (χ3v) is 8.28. The number of benzene rings is 1. The summed E-state index contributed by atoms with van der Waals surface area (Å²) in [5, 5.41) is 0.592. The Hall–Kier alpha value is -1.21. The van der Waals surface area contributed by atoms with E-state index in [-0.39, 0.29) is 11.1 Å². The third-order valence-electron chi connectivity index (χ3n) is 4.95. The Labute approximate surface area is 182 Å². The second-order valence-electron chi connectivity index (χ2n) is 7.01. The minimum atomic E-state index is -0.138. The molecule has 1 saturated heterocycles. The maximum absolute atomic E-state index is 12.7. The lowest BCUT2D eigenvalue weighted by Crippen LogP contribution is -2.34. The molecule has 1 aliphatic carbocycles. The Balaban J connectivity index is 1.42. The first-order valence-corrected chi connectivity index (χ1v) is 12.2. The monoisotopic (exact) mass is 449 g/mol. The summed E-state index contributed by atoms with van der Waals surface area (Å²) in [6, 6.07) is 11.8. The number of carbonyl (C=O) groups excluding carboxylic acids is 2. The van der Waals surface area contributed by atoms with Gasteiger partial charge < -0.3 is 0 Å². The summed E-state index contributed by atoms with van der Waals surface area (Å²) in [5.41, 5.74) is 0. The molecule has 4 rings (SSSR count). The van der Waals surface area contributed by atoms with Crippen LogP contribution in [0.15, 0.2) is 50.4 Å². The quantitative estimate of drug-likeness (QED) is 0.453. The molecule has 0 bridgehead atoms. The molecule has 0 atom stereocenters. The molecule has 1 saturated carbocycles. The van der Waals surface area contributed by atoms with Gasteiger partial charge in [0.2, 0.25) is 0 Å². The summed E-state index contributed by atoms with van der Waals surface area (Å²) in [7, 11) is 0. The van der Waals surface area contributed by atoms with Gasteiger partial charge in [0.05, 0.1) is 9.11 Å². The highest BCUT2D eigenvalue weighted by atomic mass is 35.5. The first-order valence-electron chi connectivity index (χ1n) is 9.37. The number of thiophene rings is 1. The number of rotatable bonds is 5. The number of hydrogen-bond acceptors (Lipinski definition) is 5. The molecule has 1 aromatic carbocycles. The fraction of sp³-hybridized carbons (Fsp3) is 0.333. The van der Waals surface area contributed by atoms with Crippen LogP contribution in [-0.2, 0) is 4.79 Å². The van der Waals surface area contributed by atoms with Gasteiger partial charge in [-0.1, -0.05) is 42.6 Å². The fourth-order valence-corrected chi connectivity index (χ4v) is 6.61. The van der Waals surface area contributed by atoms with Crippen LogP contribution < -0.4 is 0 Å². The molecule has 28 heavy (non-hydrogen) atoms. The lowest BCUT2D eigenvalue weighted by atomic mass is 9.89. The average molecular weight is 450 g/mol. The summed E-state index contributed by atoms with van der Waals surface area (Å²) < 4.78 is 1.13. The zero-order valence-electron chi connectivity index (χ0n) is 15.2. The summed E-state index contributed by atoms with van der Waals surface area (Å²) in [6.45, 7) is 0.574. The molecule has 0 spiro atoms.